The number of nitrogens with zero attached hydrogens (tertiary/aromatic N) is 3. The molecule has 1 unspecified atom stereocenters. The zero-order chi connectivity index (χ0) is 17.2. The second-order valence-corrected chi connectivity index (χ2v) is 7.83. The van der Waals surface area contributed by atoms with E-state index in [9.17, 15) is 4.79 Å². The lowest BCUT2D eigenvalue weighted by Crippen LogP contribution is -2.40. The maximum absolute atomic E-state index is 13.0. The number of rotatable bonds is 5. The summed E-state index contributed by atoms with van der Waals surface area (Å²) < 4.78 is 5.34. The number of likely N-dealkylation sites (tertiary alicyclic amines) is 1. The number of hydrogen-bond acceptors (Lipinski definition) is 5. The molecule has 3 rings (SSSR count). The van der Waals surface area contributed by atoms with Crippen molar-refractivity contribution in [3.05, 3.63) is 11.7 Å². The van der Waals surface area contributed by atoms with Gasteiger partial charge in [0.05, 0.1) is 6.04 Å². The molecule has 2 heterocycles. The molecule has 0 aromatic carbocycles. The molecule has 1 aliphatic heterocycles. The maximum atomic E-state index is 13.0. The summed E-state index contributed by atoms with van der Waals surface area (Å²) in [5.74, 6) is 1.73. The predicted octanol–water partition coefficient (Wildman–Crippen LogP) is 3.16. The number of amides is 1. The average molecular weight is 334 g/mol. The summed E-state index contributed by atoms with van der Waals surface area (Å²) in [5, 5.41) is 4.13. The van der Waals surface area contributed by atoms with Crippen molar-refractivity contribution in [1.82, 2.24) is 15.0 Å². The van der Waals surface area contributed by atoms with E-state index in [4.69, 9.17) is 10.3 Å². The van der Waals surface area contributed by atoms with Crippen LogP contribution in [0.4, 0.5) is 0 Å². The molecule has 0 bridgehead atoms. The molecule has 1 saturated carbocycles. The van der Waals surface area contributed by atoms with Gasteiger partial charge in [-0.3, -0.25) is 4.79 Å². The van der Waals surface area contributed by atoms with Gasteiger partial charge in [-0.15, -0.1) is 0 Å². The van der Waals surface area contributed by atoms with Gasteiger partial charge in [0.2, 0.25) is 11.8 Å². The molecule has 1 aromatic rings. The van der Waals surface area contributed by atoms with E-state index in [0.29, 0.717) is 24.7 Å². The smallest absolute Gasteiger partial charge is 0.229 e. The van der Waals surface area contributed by atoms with E-state index in [-0.39, 0.29) is 23.3 Å². The molecule has 0 spiro atoms. The van der Waals surface area contributed by atoms with E-state index in [1.807, 2.05) is 18.7 Å². The molecular formula is C18H30N4O2. The van der Waals surface area contributed by atoms with Gasteiger partial charge in [-0.25, -0.2) is 0 Å². The molecule has 1 amide bonds. The molecule has 2 aliphatic rings. The van der Waals surface area contributed by atoms with Crippen LogP contribution in [0.1, 0.15) is 88.9 Å². The van der Waals surface area contributed by atoms with Gasteiger partial charge in [0.25, 0.3) is 0 Å². The molecule has 1 saturated heterocycles. The number of hydrogen-bond donors (Lipinski definition) is 1. The predicted molar refractivity (Wildman–Crippen MR) is 91.3 cm³/mol. The lowest BCUT2D eigenvalue weighted by atomic mass is 9.71. The van der Waals surface area contributed by atoms with Gasteiger partial charge in [0, 0.05) is 18.9 Å². The highest BCUT2D eigenvalue weighted by molar-refractivity contribution is 5.77. The minimum Gasteiger partial charge on any atom is -0.339 e. The van der Waals surface area contributed by atoms with Gasteiger partial charge < -0.3 is 15.2 Å². The first-order valence-corrected chi connectivity index (χ1v) is 9.38. The van der Waals surface area contributed by atoms with Crippen LogP contribution in [0.2, 0.25) is 0 Å². The first kappa shape index (κ1) is 17.4. The number of aromatic nitrogens is 2. The molecule has 6 nitrogen and oxygen atoms in total. The molecule has 1 aliphatic carbocycles. The van der Waals surface area contributed by atoms with Crippen molar-refractivity contribution in [2.24, 2.45) is 11.1 Å². The van der Waals surface area contributed by atoms with Crippen molar-refractivity contribution in [2.75, 3.05) is 13.1 Å². The second-order valence-electron chi connectivity index (χ2n) is 7.83. The zero-order valence-electron chi connectivity index (χ0n) is 15.0. The molecule has 1 aromatic heterocycles. The van der Waals surface area contributed by atoms with Crippen LogP contribution in [0.3, 0.4) is 0 Å². The van der Waals surface area contributed by atoms with Crippen LogP contribution >= 0.6 is 0 Å². The highest BCUT2D eigenvalue weighted by Gasteiger charge is 2.39. The number of carbonyl (C=O) groups is 1. The Morgan fingerprint density at radius 3 is 2.71 bits per heavy atom. The summed E-state index contributed by atoms with van der Waals surface area (Å²) in [6.45, 7) is 5.46. The van der Waals surface area contributed by atoms with Crippen LogP contribution in [0.15, 0.2) is 4.52 Å². The lowest BCUT2D eigenvalue weighted by molar-refractivity contribution is -0.135. The van der Waals surface area contributed by atoms with Crippen molar-refractivity contribution < 1.29 is 9.32 Å². The van der Waals surface area contributed by atoms with E-state index in [1.165, 1.54) is 19.3 Å². The first-order valence-electron chi connectivity index (χ1n) is 9.38. The Hall–Kier alpha value is -1.43. The van der Waals surface area contributed by atoms with Gasteiger partial charge in [0.1, 0.15) is 0 Å². The zero-order valence-corrected chi connectivity index (χ0v) is 15.0. The van der Waals surface area contributed by atoms with Gasteiger partial charge >= 0.3 is 0 Å². The summed E-state index contributed by atoms with van der Waals surface area (Å²) in [6, 6.07) is -0.0350. The van der Waals surface area contributed by atoms with Crippen LogP contribution in [-0.2, 0) is 4.79 Å². The van der Waals surface area contributed by atoms with Gasteiger partial charge in [-0.1, -0.05) is 38.3 Å². The monoisotopic (exact) mass is 334 g/mol. The highest BCUT2D eigenvalue weighted by atomic mass is 16.5. The highest BCUT2D eigenvalue weighted by Crippen LogP contribution is 2.40. The van der Waals surface area contributed by atoms with Crippen molar-refractivity contribution in [3.8, 4) is 0 Å². The van der Waals surface area contributed by atoms with Crippen LogP contribution < -0.4 is 5.73 Å². The second kappa shape index (κ2) is 7.21. The van der Waals surface area contributed by atoms with E-state index in [2.05, 4.69) is 10.1 Å². The first-order chi connectivity index (χ1) is 11.5. The van der Waals surface area contributed by atoms with Crippen LogP contribution in [0, 0.1) is 5.41 Å². The maximum Gasteiger partial charge on any atom is 0.229 e. The third-order valence-corrected chi connectivity index (χ3v) is 5.70. The third-order valence-electron chi connectivity index (χ3n) is 5.70. The molecule has 2 fully saturated rings. The van der Waals surface area contributed by atoms with Gasteiger partial charge in [-0.05, 0) is 37.6 Å². The number of nitrogens with two attached hydrogens (primary N) is 1. The Labute approximate surface area is 144 Å². The summed E-state index contributed by atoms with van der Waals surface area (Å²) >= 11 is 0. The minimum absolute atomic E-state index is 0.00280. The Bertz CT molecular complexity index is 563. The molecule has 2 N–H and O–H groups in total. The normalized spacial score (nSPS) is 23.8. The molecule has 134 valence electrons. The minimum atomic E-state index is -0.0350. The summed E-state index contributed by atoms with van der Waals surface area (Å²) in [7, 11) is 0. The van der Waals surface area contributed by atoms with Crippen LogP contribution in [0.5, 0.6) is 0 Å². The van der Waals surface area contributed by atoms with Gasteiger partial charge in [0.15, 0.2) is 5.82 Å². The van der Waals surface area contributed by atoms with Crippen molar-refractivity contribution in [3.63, 3.8) is 0 Å². The lowest BCUT2D eigenvalue weighted by Gasteiger charge is -2.37. The Kier molecular flexibility index (Phi) is 5.23. The topological polar surface area (TPSA) is 85.2 Å². The molecule has 1 atom stereocenters. The van der Waals surface area contributed by atoms with Crippen molar-refractivity contribution in [2.45, 2.75) is 77.2 Å². The van der Waals surface area contributed by atoms with Crippen LogP contribution in [-0.4, -0.2) is 34.0 Å². The summed E-state index contributed by atoms with van der Waals surface area (Å²) in [6.07, 6.45) is 8.28. The van der Waals surface area contributed by atoms with Crippen LogP contribution in [0.25, 0.3) is 0 Å². The fourth-order valence-electron chi connectivity index (χ4n) is 4.13. The Balaban J connectivity index is 1.71. The fourth-order valence-corrected chi connectivity index (χ4v) is 4.13. The largest absolute Gasteiger partial charge is 0.339 e. The van der Waals surface area contributed by atoms with Gasteiger partial charge in [-0.2, -0.15) is 4.98 Å². The van der Waals surface area contributed by atoms with E-state index in [0.717, 1.165) is 32.2 Å². The third kappa shape index (κ3) is 3.48. The number of carbonyl (C=O) groups excluding carboxylic acids is 1. The van der Waals surface area contributed by atoms with Crippen molar-refractivity contribution >= 4 is 5.91 Å². The fraction of sp³-hybridized carbons (Fsp3) is 0.833. The van der Waals surface area contributed by atoms with E-state index < -0.39 is 0 Å². The molecular weight excluding hydrogens is 304 g/mol. The molecule has 6 heteroatoms. The summed E-state index contributed by atoms with van der Waals surface area (Å²) in [4.78, 5) is 19.5. The average Bonchev–Trinajstić information content (AvgIpc) is 3.24. The summed E-state index contributed by atoms with van der Waals surface area (Å²) in [5.41, 5.74) is 6.06. The van der Waals surface area contributed by atoms with E-state index >= 15 is 0 Å². The Morgan fingerprint density at radius 2 is 2.08 bits per heavy atom. The Morgan fingerprint density at radius 1 is 1.33 bits per heavy atom. The van der Waals surface area contributed by atoms with E-state index in [1.54, 1.807) is 0 Å². The SMILES string of the molecule is CC(C)c1nc(C2CCCN2C(=O)CC2(CN)CCCCC2)no1. The quantitative estimate of drug-likeness (QED) is 0.894. The molecule has 24 heavy (non-hydrogen) atoms. The van der Waals surface area contributed by atoms with Crippen molar-refractivity contribution in [1.29, 1.82) is 0 Å². The molecule has 0 radical (unpaired) electrons. The standard InChI is InChI=1S/C18H30N4O2/c1-13(2)17-20-16(21-24-17)14-7-6-10-22(14)15(23)11-18(12-19)8-4-3-5-9-18/h13-14H,3-12,19H2,1-2H3.